The molecule has 0 radical (unpaired) electrons. The van der Waals surface area contributed by atoms with Gasteiger partial charge in [0.15, 0.2) is 0 Å². The molecule has 31 heavy (non-hydrogen) atoms. The van der Waals surface area contributed by atoms with Crippen LogP contribution < -0.4 is 5.32 Å². The molecule has 162 valence electrons. The van der Waals surface area contributed by atoms with Gasteiger partial charge in [-0.05, 0) is 43.3 Å². The Bertz CT molecular complexity index is 980. The Morgan fingerprint density at radius 2 is 1.84 bits per heavy atom. The highest BCUT2D eigenvalue weighted by molar-refractivity contribution is 5.90. The third-order valence-corrected chi connectivity index (χ3v) is 5.49. The second-order valence-electron chi connectivity index (χ2n) is 8.05. The Labute approximate surface area is 183 Å². The summed E-state index contributed by atoms with van der Waals surface area (Å²) in [7, 11) is 2.16. The van der Waals surface area contributed by atoms with E-state index in [-0.39, 0.29) is 5.91 Å². The molecule has 1 amide bonds. The molecule has 1 N–H and O–H groups in total. The van der Waals surface area contributed by atoms with Gasteiger partial charge in [-0.25, -0.2) is 0 Å². The number of carbonyl (C=O) groups excluding carboxylic acids is 1. The van der Waals surface area contributed by atoms with Crippen LogP contribution >= 0.6 is 0 Å². The fourth-order valence-corrected chi connectivity index (χ4v) is 3.69. The van der Waals surface area contributed by atoms with Crippen molar-refractivity contribution in [2.75, 3.05) is 38.5 Å². The lowest BCUT2D eigenvalue weighted by molar-refractivity contribution is -0.116. The molecule has 1 saturated heterocycles. The van der Waals surface area contributed by atoms with Crippen LogP contribution in [-0.2, 0) is 17.8 Å². The maximum atomic E-state index is 12.4. The zero-order valence-corrected chi connectivity index (χ0v) is 18.0. The fourth-order valence-electron chi connectivity index (χ4n) is 3.69. The van der Waals surface area contributed by atoms with Crippen molar-refractivity contribution in [1.29, 1.82) is 0 Å². The van der Waals surface area contributed by atoms with Gasteiger partial charge in [-0.15, -0.1) is 10.2 Å². The van der Waals surface area contributed by atoms with Crippen LogP contribution in [0.2, 0.25) is 0 Å². The number of hydrogen-bond donors (Lipinski definition) is 1. The average molecular weight is 420 g/mol. The highest BCUT2D eigenvalue weighted by Crippen LogP contribution is 2.18. The lowest BCUT2D eigenvalue weighted by Gasteiger charge is -2.32. The van der Waals surface area contributed by atoms with Crippen molar-refractivity contribution in [2.24, 2.45) is 0 Å². The summed E-state index contributed by atoms with van der Waals surface area (Å²) in [6, 6.07) is 17.8. The topological polar surface area (TPSA) is 74.5 Å². The van der Waals surface area contributed by atoms with E-state index in [4.69, 9.17) is 4.42 Å². The maximum Gasteiger partial charge on any atom is 0.247 e. The molecule has 3 aromatic rings. The number of aryl methyl sites for hydroxylation is 1. The first kappa shape index (κ1) is 21.2. The summed E-state index contributed by atoms with van der Waals surface area (Å²) in [5, 5.41) is 11.2. The minimum Gasteiger partial charge on any atom is -0.421 e. The standard InChI is InChI=1S/C24H29N5O2/c1-28-13-15-29(16-14-28)18-19-7-5-10-21(17-19)25-22(30)11-6-12-23-26-27-24(31-23)20-8-3-2-4-9-20/h2-5,7-10,17H,6,11-16,18H2,1H3,(H,25,30). The van der Waals surface area contributed by atoms with Crippen molar-refractivity contribution in [3.05, 3.63) is 66.1 Å². The number of benzene rings is 2. The van der Waals surface area contributed by atoms with E-state index in [0.717, 1.165) is 44.0 Å². The second kappa shape index (κ2) is 10.3. The maximum absolute atomic E-state index is 12.4. The third-order valence-electron chi connectivity index (χ3n) is 5.49. The molecule has 2 aromatic carbocycles. The van der Waals surface area contributed by atoms with E-state index in [1.807, 2.05) is 42.5 Å². The summed E-state index contributed by atoms with van der Waals surface area (Å²) in [4.78, 5) is 17.2. The molecule has 0 saturated carbocycles. The van der Waals surface area contributed by atoms with Crippen LogP contribution in [0.1, 0.15) is 24.3 Å². The van der Waals surface area contributed by atoms with E-state index < -0.39 is 0 Å². The normalized spacial score (nSPS) is 15.1. The smallest absolute Gasteiger partial charge is 0.247 e. The van der Waals surface area contributed by atoms with Crippen LogP contribution in [-0.4, -0.2) is 59.1 Å². The van der Waals surface area contributed by atoms with E-state index in [0.29, 0.717) is 31.0 Å². The minimum absolute atomic E-state index is 0.000421. The van der Waals surface area contributed by atoms with Gasteiger partial charge in [0, 0.05) is 56.8 Å². The summed E-state index contributed by atoms with van der Waals surface area (Å²) in [5.41, 5.74) is 2.97. The molecule has 4 rings (SSSR count). The molecule has 0 unspecified atom stereocenters. The number of rotatable bonds is 8. The number of aromatic nitrogens is 2. The Hall–Kier alpha value is -3.03. The minimum atomic E-state index is -0.000421. The van der Waals surface area contributed by atoms with Crippen LogP contribution in [0.25, 0.3) is 11.5 Å². The zero-order valence-electron chi connectivity index (χ0n) is 18.0. The van der Waals surface area contributed by atoms with E-state index in [2.05, 4.69) is 44.5 Å². The van der Waals surface area contributed by atoms with Crippen LogP contribution in [0.3, 0.4) is 0 Å². The predicted molar refractivity (Wildman–Crippen MR) is 121 cm³/mol. The Kier molecular flexibility index (Phi) is 7.07. The third kappa shape index (κ3) is 6.23. The van der Waals surface area contributed by atoms with Crippen molar-refractivity contribution in [1.82, 2.24) is 20.0 Å². The Balaban J connectivity index is 1.22. The molecule has 2 heterocycles. The number of piperazine rings is 1. The van der Waals surface area contributed by atoms with Crippen LogP contribution in [0.4, 0.5) is 5.69 Å². The number of likely N-dealkylation sites (N-methyl/N-ethyl adjacent to an activating group) is 1. The number of anilines is 1. The molecule has 0 spiro atoms. The molecule has 0 aliphatic carbocycles. The van der Waals surface area contributed by atoms with Crippen LogP contribution in [0.15, 0.2) is 59.0 Å². The van der Waals surface area contributed by atoms with Gasteiger partial charge < -0.3 is 14.6 Å². The van der Waals surface area contributed by atoms with E-state index >= 15 is 0 Å². The molecule has 1 aliphatic rings. The van der Waals surface area contributed by atoms with Crippen molar-refractivity contribution < 1.29 is 9.21 Å². The number of carbonyl (C=O) groups is 1. The summed E-state index contributed by atoms with van der Waals surface area (Å²) in [6.45, 7) is 5.27. The van der Waals surface area contributed by atoms with Gasteiger partial charge in [-0.1, -0.05) is 30.3 Å². The second-order valence-corrected chi connectivity index (χ2v) is 8.05. The quantitative estimate of drug-likeness (QED) is 0.603. The highest BCUT2D eigenvalue weighted by Gasteiger charge is 2.14. The molecule has 7 nitrogen and oxygen atoms in total. The van der Waals surface area contributed by atoms with E-state index in [1.54, 1.807) is 0 Å². The van der Waals surface area contributed by atoms with Gasteiger partial charge >= 0.3 is 0 Å². The van der Waals surface area contributed by atoms with Gasteiger partial charge in [0.25, 0.3) is 0 Å². The summed E-state index contributed by atoms with van der Waals surface area (Å²) >= 11 is 0. The number of hydrogen-bond acceptors (Lipinski definition) is 6. The lowest BCUT2D eigenvalue weighted by Crippen LogP contribution is -2.43. The van der Waals surface area contributed by atoms with Gasteiger partial charge in [-0.2, -0.15) is 0 Å². The summed E-state index contributed by atoms with van der Waals surface area (Å²) < 4.78 is 5.70. The number of amides is 1. The Morgan fingerprint density at radius 3 is 2.65 bits per heavy atom. The van der Waals surface area contributed by atoms with Crippen molar-refractivity contribution in [3.8, 4) is 11.5 Å². The van der Waals surface area contributed by atoms with Gasteiger partial charge in [-0.3, -0.25) is 9.69 Å². The molecular formula is C24H29N5O2. The first-order valence-electron chi connectivity index (χ1n) is 10.8. The predicted octanol–water partition coefficient (Wildman–Crippen LogP) is 3.45. The van der Waals surface area contributed by atoms with Crippen molar-refractivity contribution >= 4 is 11.6 Å². The molecule has 7 heteroatoms. The average Bonchev–Trinajstić information content (AvgIpc) is 3.25. The van der Waals surface area contributed by atoms with Crippen LogP contribution in [0, 0.1) is 0 Å². The van der Waals surface area contributed by atoms with Gasteiger partial charge in [0.05, 0.1) is 0 Å². The molecule has 1 aliphatic heterocycles. The SMILES string of the molecule is CN1CCN(Cc2cccc(NC(=O)CCCc3nnc(-c4ccccc4)o3)c2)CC1. The van der Waals surface area contributed by atoms with Crippen molar-refractivity contribution in [3.63, 3.8) is 0 Å². The summed E-state index contributed by atoms with van der Waals surface area (Å²) in [5.74, 6) is 1.07. The first-order valence-corrected chi connectivity index (χ1v) is 10.8. The number of nitrogens with one attached hydrogen (secondary N) is 1. The zero-order chi connectivity index (χ0) is 21.5. The highest BCUT2D eigenvalue weighted by atomic mass is 16.4. The monoisotopic (exact) mass is 419 g/mol. The van der Waals surface area contributed by atoms with E-state index in [1.165, 1.54) is 5.56 Å². The molecule has 1 fully saturated rings. The summed E-state index contributed by atoms with van der Waals surface area (Å²) in [6.07, 6.45) is 1.64. The molecule has 1 aromatic heterocycles. The fraction of sp³-hybridized carbons (Fsp3) is 0.375. The largest absolute Gasteiger partial charge is 0.421 e. The molecular weight excluding hydrogens is 390 g/mol. The first-order chi connectivity index (χ1) is 15.2. The van der Waals surface area contributed by atoms with Gasteiger partial charge in [0.2, 0.25) is 17.7 Å². The van der Waals surface area contributed by atoms with E-state index in [9.17, 15) is 4.79 Å². The lowest BCUT2D eigenvalue weighted by atomic mass is 10.1. The number of nitrogens with zero attached hydrogens (tertiary/aromatic N) is 4. The van der Waals surface area contributed by atoms with Gasteiger partial charge in [0.1, 0.15) is 0 Å². The van der Waals surface area contributed by atoms with Crippen LogP contribution in [0.5, 0.6) is 0 Å². The molecule has 0 atom stereocenters. The van der Waals surface area contributed by atoms with Crippen molar-refractivity contribution in [2.45, 2.75) is 25.8 Å². The molecule has 0 bridgehead atoms. The Morgan fingerprint density at radius 1 is 1.03 bits per heavy atom.